The number of amides is 1. The highest BCUT2D eigenvalue weighted by Crippen LogP contribution is 2.35. The van der Waals surface area contributed by atoms with Crippen LogP contribution in [0.15, 0.2) is 53.7 Å². The Morgan fingerprint density at radius 1 is 1.20 bits per heavy atom. The fraction of sp³-hybridized carbons (Fsp3) is 0.250. The Labute approximate surface area is 175 Å². The zero-order valence-electron chi connectivity index (χ0n) is 15.8. The molecule has 1 aromatic heterocycles. The molecule has 1 amide bonds. The molecule has 7 nitrogen and oxygen atoms in total. The number of carbonyl (C=O) groups is 1. The van der Waals surface area contributed by atoms with E-state index in [2.05, 4.69) is 15.5 Å². The molecule has 3 aromatic rings. The summed E-state index contributed by atoms with van der Waals surface area (Å²) in [7, 11) is 0. The first kappa shape index (κ1) is 20.1. The normalized spacial score (nSPS) is 14.3. The number of nitrogens with zero attached hydrogens (tertiary/aromatic N) is 3. The van der Waals surface area contributed by atoms with Crippen LogP contribution in [-0.4, -0.2) is 26.8 Å². The van der Waals surface area contributed by atoms with E-state index in [9.17, 15) is 13.6 Å². The van der Waals surface area contributed by atoms with Gasteiger partial charge in [-0.05, 0) is 42.7 Å². The molecule has 0 radical (unpaired) electrons. The molecule has 0 saturated heterocycles. The number of thioether (sulfide) groups is 1. The topological polar surface area (TPSA) is 95.1 Å². The zero-order valence-corrected chi connectivity index (χ0v) is 16.6. The molecule has 1 fully saturated rings. The van der Waals surface area contributed by atoms with Gasteiger partial charge in [-0.2, -0.15) is 0 Å². The molecule has 1 unspecified atom stereocenters. The van der Waals surface area contributed by atoms with Crippen molar-refractivity contribution in [1.29, 1.82) is 0 Å². The number of hydrogen-bond donors (Lipinski definition) is 2. The fourth-order valence-corrected chi connectivity index (χ4v) is 3.70. The van der Waals surface area contributed by atoms with Gasteiger partial charge in [0.05, 0.1) is 0 Å². The lowest BCUT2D eigenvalue weighted by molar-refractivity contribution is -0.120. The smallest absolute Gasteiger partial charge is 0.238 e. The average Bonchev–Trinajstić information content (AvgIpc) is 3.49. The van der Waals surface area contributed by atoms with E-state index in [1.807, 2.05) is 0 Å². The van der Waals surface area contributed by atoms with Crippen molar-refractivity contribution in [3.8, 4) is 5.75 Å². The second-order valence-corrected chi connectivity index (χ2v) is 7.89. The minimum Gasteiger partial charge on any atom is -0.482 e. The van der Waals surface area contributed by atoms with Crippen molar-refractivity contribution in [2.45, 2.75) is 35.9 Å². The zero-order chi connectivity index (χ0) is 21.1. The van der Waals surface area contributed by atoms with Crippen LogP contribution in [-0.2, 0) is 11.4 Å². The number of para-hydroxylation sites is 1. The van der Waals surface area contributed by atoms with Crippen LogP contribution in [0.5, 0.6) is 5.75 Å². The number of carbonyl (C=O) groups excluding carboxylic acids is 1. The van der Waals surface area contributed by atoms with Crippen LogP contribution in [0.1, 0.15) is 29.5 Å². The first-order valence-electron chi connectivity index (χ1n) is 9.30. The van der Waals surface area contributed by atoms with Gasteiger partial charge in [0.15, 0.2) is 17.4 Å². The van der Waals surface area contributed by atoms with Crippen molar-refractivity contribution < 1.29 is 18.3 Å². The Balaban J connectivity index is 1.50. The minimum atomic E-state index is -0.682. The van der Waals surface area contributed by atoms with Gasteiger partial charge in [-0.25, -0.2) is 13.5 Å². The van der Waals surface area contributed by atoms with Crippen molar-refractivity contribution in [3.63, 3.8) is 0 Å². The second kappa shape index (κ2) is 8.70. The molecule has 0 bridgehead atoms. The number of nitrogen functional groups attached to an aromatic ring is 1. The molecule has 0 aliphatic heterocycles. The molecule has 1 heterocycles. The SMILES string of the molecule is Nn1c(COc2ccccc2F)nnc1SC(C(=O)NC1CC1)c1ccc(F)cc1. The Kier molecular flexibility index (Phi) is 5.84. The molecule has 4 rings (SSSR count). The van der Waals surface area contributed by atoms with Crippen molar-refractivity contribution in [2.24, 2.45) is 0 Å². The lowest BCUT2D eigenvalue weighted by Gasteiger charge is -2.16. The lowest BCUT2D eigenvalue weighted by atomic mass is 10.1. The van der Waals surface area contributed by atoms with E-state index in [-0.39, 0.29) is 41.1 Å². The van der Waals surface area contributed by atoms with Crippen molar-refractivity contribution in [1.82, 2.24) is 20.2 Å². The Bertz CT molecular complexity index is 1040. The Morgan fingerprint density at radius 2 is 1.93 bits per heavy atom. The van der Waals surface area contributed by atoms with Gasteiger partial charge >= 0.3 is 0 Å². The van der Waals surface area contributed by atoms with Gasteiger partial charge in [0, 0.05) is 6.04 Å². The third kappa shape index (κ3) is 4.70. The van der Waals surface area contributed by atoms with Crippen LogP contribution in [0, 0.1) is 11.6 Å². The summed E-state index contributed by atoms with van der Waals surface area (Å²) in [4.78, 5) is 12.8. The number of ether oxygens (including phenoxy) is 1. The summed E-state index contributed by atoms with van der Waals surface area (Å²) >= 11 is 1.10. The predicted octanol–water partition coefficient (Wildman–Crippen LogP) is 2.96. The molecule has 1 saturated carbocycles. The van der Waals surface area contributed by atoms with E-state index < -0.39 is 11.1 Å². The predicted molar refractivity (Wildman–Crippen MR) is 107 cm³/mol. The summed E-state index contributed by atoms with van der Waals surface area (Å²) in [6.07, 6.45) is 1.88. The third-order valence-electron chi connectivity index (χ3n) is 4.49. The molecule has 0 spiro atoms. The average molecular weight is 431 g/mol. The van der Waals surface area contributed by atoms with E-state index >= 15 is 0 Å². The molecule has 30 heavy (non-hydrogen) atoms. The monoisotopic (exact) mass is 431 g/mol. The standard InChI is InChI=1S/C20H19F2N5O2S/c21-13-7-5-12(6-8-13)18(19(28)24-14-9-10-14)30-20-26-25-17(27(20)23)11-29-16-4-2-1-3-15(16)22/h1-8,14,18H,9-11,23H2,(H,24,28). The van der Waals surface area contributed by atoms with E-state index in [1.54, 1.807) is 24.3 Å². The molecule has 2 aromatic carbocycles. The first-order chi connectivity index (χ1) is 14.5. The van der Waals surface area contributed by atoms with E-state index in [0.717, 1.165) is 24.6 Å². The largest absolute Gasteiger partial charge is 0.482 e. The summed E-state index contributed by atoms with van der Waals surface area (Å²) in [5.41, 5.74) is 0.617. The highest BCUT2D eigenvalue weighted by Gasteiger charge is 2.30. The number of hydrogen-bond acceptors (Lipinski definition) is 6. The van der Waals surface area contributed by atoms with Gasteiger partial charge in [0.1, 0.15) is 17.7 Å². The molecule has 1 atom stereocenters. The minimum absolute atomic E-state index is 0.0719. The van der Waals surface area contributed by atoms with Crippen molar-refractivity contribution in [2.75, 3.05) is 5.84 Å². The maximum atomic E-state index is 13.7. The van der Waals surface area contributed by atoms with Gasteiger partial charge in [-0.15, -0.1) is 10.2 Å². The number of aromatic nitrogens is 3. The second-order valence-electron chi connectivity index (χ2n) is 6.82. The lowest BCUT2D eigenvalue weighted by Crippen LogP contribution is -2.30. The van der Waals surface area contributed by atoms with Crippen molar-refractivity contribution in [3.05, 3.63) is 71.6 Å². The molecule has 1 aliphatic carbocycles. The van der Waals surface area contributed by atoms with Crippen LogP contribution >= 0.6 is 11.8 Å². The van der Waals surface area contributed by atoms with Gasteiger partial charge in [0.2, 0.25) is 11.1 Å². The highest BCUT2D eigenvalue weighted by atomic mass is 32.2. The maximum absolute atomic E-state index is 13.7. The Morgan fingerprint density at radius 3 is 2.63 bits per heavy atom. The number of nitrogens with two attached hydrogens (primary N) is 1. The number of benzene rings is 2. The van der Waals surface area contributed by atoms with Gasteiger partial charge in [-0.1, -0.05) is 36.0 Å². The van der Waals surface area contributed by atoms with Gasteiger partial charge < -0.3 is 15.9 Å². The molecule has 1 aliphatic rings. The quantitative estimate of drug-likeness (QED) is 0.421. The van der Waals surface area contributed by atoms with Crippen LogP contribution < -0.4 is 15.9 Å². The molecular weight excluding hydrogens is 412 g/mol. The molecule has 10 heteroatoms. The summed E-state index contributed by atoms with van der Waals surface area (Å²) in [6, 6.07) is 11.9. The number of rotatable bonds is 8. The summed E-state index contributed by atoms with van der Waals surface area (Å²) < 4.78 is 33.7. The van der Waals surface area contributed by atoms with Crippen LogP contribution in [0.4, 0.5) is 8.78 Å². The highest BCUT2D eigenvalue weighted by molar-refractivity contribution is 8.00. The number of nitrogens with one attached hydrogen (secondary N) is 1. The fourth-order valence-electron chi connectivity index (χ4n) is 2.71. The molecule has 3 N–H and O–H groups in total. The first-order valence-corrected chi connectivity index (χ1v) is 10.2. The van der Waals surface area contributed by atoms with Crippen LogP contribution in [0.25, 0.3) is 0 Å². The maximum Gasteiger partial charge on any atom is 0.238 e. The van der Waals surface area contributed by atoms with Crippen molar-refractivity contribution >= 4 is 17.7 Å². The summed E-state index contributed by atoms with van der Waals surface area (Å²) in [5.74, 6) is 5.32. The summed E-state index contributed by atoms with van der Waals surface area (Å²) in [6.45, 7) is -0.0967. The van der Waals surface area contributed by atoms with E-state index in [0.29, 0.717) is 5.56 Å². The van der Waals surface area contributed by atoms with E-state index in [1.165, 1.54) is 28.9 Å². The summed E-state index contributed by atoms with van der Waals surface area (Å²) in [5, 5.41) is 10.6. The van der Waals surface area contributed by atoms with Crippen LogP contribution in [0.3, 0.4) is 0 Å². The molecular formula is C20H19F2N5O2S. The van der Waals surface area contributed by atoms with E-state index in [4.69, 9.17) is 10.6 Å². The Hall–Kier alpha value is -3.14. The number of halogens is 2. The van der Waals surface area contributed by atoms with Gasteiger partial charge in [0.25, 0.3) is 0 Å². The molecule has 156 valence electrons. The van der Waals surface area contributed by atoms with Gasteiger partial charge in [-0.3, -0.25) is 4.79 Å². The third-order valence-corrected chi connectivity index (χ3v) is 5.70. The van der Waals surface area contributed by atoms with Crippen LogP contribution in [0.2, 0.25) is 0 Å².